The number of aliphatic carboxylic acids is 1. The number of carbonyl (C=O) groups is 3. The predicted molar refractivity (Wildman–Crippen MR) is 176 cm³/mol. The van der Waals surface area contributed by atoms with Crippen LogP contribution in [0.5, 0.6) is 5.75 Å². The molecule has 5 rings (SSSR count). The lowest BCUT2D eigenvalue weighted by molar-refractivity contribution is -0.138. The predicted octanol–water partition coefficient (Wildman–Crippen LogP) is 7.35. The molecule has 0 fully saturated rings. The van der Waals surface area contributed by atoms with Crippen molar-refractivity contribution in [1.82, 2.24) is 5.32 Å². The molecule has 0 heterocycles. The molecule has 5 aromatic rings. The highest BCUT2D eigenvalue weighted by atomic mass is 16.4. The molecule has 7 heteroatoms. The van der Waals surface area contributed by atoms with Crippen molar-refractivity contribution in [2.75, 3.05) is 4.90 Å². The Morgan fingerprint density at radius 1 is 0.667 bits per heavy atom. The first kappa shape index (κ1) is 32.2. The third kappa shape index (κ3) is 9.15. The number of nitrogens with zero attached hydrogens (tertiary/aromatic N) is 1. The van der Waals surface area contributed by atoms with Crippen LogP contribution < -0.4 is 10.2 Å². The Balaban J connectivity index is 0.000000231. The lowest BCUT2D eigenvalue weighted by Gasteiger charge is -2.28. The number of anilines is 1. The number of carboxylic acids is 1. The fourth-order valence-electron chi connectivity index (χ4n) is 4.79. The lowest BCUT2D eigenvalue weighted by Crippen LogP contribution is -2.30. The van der Waals surface area contributed by atoms with Gasteiger partial charge in [0.2, 0.25) is 0 Å². The smallest absolute Gasteiger partial charge is 0.310 e. The molecule has 228 valence electrons. The largest absolute Gasteiger partial charge is 0.508 e. The number of aromatic hydroxyl groups is 1. The van der Waals surface area contributed by atoms with E-state index in [1.807, 2.05) is 55.5 Å². The van der Waals surface area contributed by atoms with Crippen LogP contribution in [0.15, 0.2) is 133 Å². The van der Waals surface area contributed by atoms with Crippen molar-refractivity contribution in [3.05, 3.63) is 167 Å². The summed E-state index contributed by atoms with van der Waals surface area (Å²) in [7, 11) is 0. The molecule has 0 radical (unpaired) electrons. The molecule has 0 aliphatic rings. The number of amides is 2. The van der Waals surface area contributed by atoms with Gasteiger partial charge in [-0.15, -0.1) is 0 Å². The van der Waals surface area contributed by atoms with Crippen molar-refractivity contribution in [2.45, 2.75) is 32.9 Å². The van der Waals surface area contributed by atoms with E-state index in [1.165, 1.54) is 11.1 Å². The second-order valence-electron chi connectivity index (χ2n) is 10.6. The molecule has 3 N–H and O–H groups in total. The maximum atomic E-state index is 11.7. The van der Waals surface area contributed by atoms with E-state index in [0.29, 0.717) is 29.8 Å². The van der Waals surface area contributed by atoms with Crippen molar-refractivity contribution < 1.29 is 24.6 Å². The molecule has 5 aromatic carbocycles. The van der Waals surface area contributed by atoms with Gasteiger partial charge in [0.1, 0.15) is 5.75 Å². The minimum atomic E-state index is -0.951. The van der Waals surface area contributed by atoms with Gasteiger partial charge in [-0.05, 0) is 60.9 Å². The van der Waals surface area contributed by atoms with Crippen LogP contribution in [0.1, 0.15) is 55.8 Å². The molecule has 0 saturated carbocycles. The van der Waals surface area contributed by atoms with E-state index in [2.05, 4.69) is 34.5 Å². The maximum absolute atomic E-state index is 11.7. The molecule has 1 unspecified atom stereocenters. The molecule has 0 aliphatic heterocycles. The molecule has 0 aromatic heterocycles. The number of phenolic OH excluding ortho intramolecular Hbond substituents is 1. The van der Waals surface area contributed by atoms with Gasteiger partial charge in [0, 0.05) is 41.5 Å². The van der Waals surface area contributed by atoms with E-state index in [4.69, 9.17) is 0 Å². The van der Waals surface area contributed by atoms with Crippen LogP contribution >= 0.6 is 0 Å². The Morgan fingerprint density at radius 2 is 1.07 bits per heavy atom. The van der Waals surface area contributed by atoms with E-state index >= 15 is 0 Å². The molecule has 2 amide bonds. The highest BCUT2D eigenvalue weighted by molar-refractivity contribution is 6.10. The van der Waals surface area contributed by atoms with E-state index in [0.717, 1.165) is 11.3 Å². The van der Waals surface area contributed by atoms with Gasteiger partial charge in [-0.25, -0.2) is 0 Å². The summed E-state index contributed by atoms with van der Waals surface area (Å²) in [5.74, 6) is -2.47. The number of imide groups is 1. The van der Waals surface area contributed by atoms with Gasteiger partial charge in [0.05, 0.1) is 5.92 Å². The molecular weight excluding hydrogens is 564 g/mol. The van der Waals surface area contributed by atoms with Crippen molar-refractivity contribution in [2.24, 2.45) is 0 Å². The Kier molecular flexibility index (Phi) is 11.2. The summed E-state index contributed by atoms with van der Waals surface area (Å²) in [5, 5.41) is 22.2. The number of carbonyl (C=O) groups excluding carboxylic acids is 2. The van der Waals surface area contributed by atoms with E-state index in [9.17, 15) is 24.6 Å². The first-order chi connectivity index (χ1) is 21.7. The van der Waals surface area contributed by atoms with E-state index in [1.54, 1.807) is 67.6 Å². The van der Waals surface area contributed by atoms with Gasteiger partial charge >= 0.3 is 5.97 Å². The van der Waals surface area contributed by atoms with Gasteiger partial charge in [-0.3, -0.25) is 19.7 Å². The summed E-state index contributed by atoms with van der Waals surface area (Å²) >= 11 is 0. The van der Waals surface area contributed by atoms with Gasteiger partial charge < -0.3 is 15.1 Å². The standard InChI is InChI=1S/C24H25NO3.C14H11NO2/c1-17-13-21(18(2)24(27)28)23(26)14-22(17)25(15-19-9-5-3-6-10-19)16-20-11-7-4-8-12-20;16-13(11-7-3-1-4-8-11)15-14(17)12-9-5-2-6-10-12/h3-14,18,26H,15-16H2,1-2H3,(H,27,28);1-10H,(H,15,16,17). The monoisotopic (exact) mass is 600 g/mol. The van der Waals surface area contributed by atoms with Crippen molar-refractivity contribution in [3.63, 3.8) is 0 Å². The fourth-order valence-corrected chi connectivity index (χ4v) is 4.79. The molecule has 1 atom stereocenters. The molecule has 0 spiro atoms. The Bertz CT molecular complexity index is 1620. The van der Waals surface area contributed by atoms with Crippen molar-refractivity contribution in [1.29, 1.82) is 0 Å². The average molecular weight is 601 g/mol. The highest BCUT2D eigenvalue weighted by Gasteiger charge is 2.21. The zero-order valence-corrected chi connectivity index (χ0v) is 25.3. The van der Waals surface area contributed by atoms with Crippen molar-refractivity contribution >= 4 is 23.5 Å². The number of nitrogens with one attached hydrogen (secondary N) is 1. The van der Waals surface area contributed by atoms with E-state index in [-0.39, 0.29) is 17.6 Å². The first-order valence-corrected chi connectivity index (χ1v) is 14.6. The lowest BCUT2D eigenvalue weighted by atomic mass is 9.96. The third-order valence-electron chi connectivity index (χ3n) is 7.25. The van der Waals surface area contributed by atoms with Crippen LogP contribution in [0.3, 0.4) is 0 Å². The zero-order valence-electron chi connectivity index (χ0n) is 25.3. The Labute approximate surface area is 263 Å². The average Bonchev–Trinajstić information content (AvgIpc) is 3.07. The minimum Gasteiger partial charge on any atom is -0.508 e. The third-order valence-corrected chi connectivity index (χ3v) is 7.25. The van der Waals surface area contributed by atoms with Crippen LogP contribution in [0.25, 0.3) is 0 Å². The number of carboxylic acid groups (broad SMARTS) is 1. The van der Waals surface area contributed by atoms with Crippen LogP contribution in [0, 0.1) is 6.92 Å². The molecule has 0 bridgehead atoms. The number of phenols is 1. The Morgan fingerprint density at radius 3 is 1.47 bits per heavy atom. The number of hydrogen-bond donors (Lipinski definition) is 3. The minimum absolute atomic E-state index is 0.0154. The Hall–Kier alpha value is -5.69. The summed E-state index contributed by atoms with van der Waals surface area (Å²) in [6.45, 7) is 4.91. The van der Waals surface area contributed by atoms with Gasteiger partial charge in [-0.2, -0.15) is 0 Å². The van der Waals surface area contributed by atoms with E-state index < -0.39 is 11.9 Å². The van der Waals surface area contributed by atoms with Crippen molar-refractivity contribution in [3.8, 4) is 5.75 Å². The molecular formula is C38H36N2O5. The zero-order chi connectivity index (χ0) is 32.2. The first-order valence-electron chi connectivity index (χ1n) is 14.6. The topological polar surface area (TPSA) is 107 Å². The summed E-state index contributed by atoms with van der Waals surface area (Å²) in [4.78, 5) is 36.9. The molecule has 0 saturated heterocycles. The molecule has 45 heavy (non-hydrogen) atoms. The number of aryl methyl sites for hydroxylation is 1. The fraction of sp³-hybridized carbons (Fsp3) is 0.132. The molecule has 0 aliphatic carbocycles. The van der Waals surface area contributed by atoms with Crippen LogP contribution in [-0.2, 0) is 17.9 Å². The van der Waals surface area contributed by atoms with Gasteiger partial charge in [0.25, 0.3) is 11.8 Å². The van der Waals surface area contributed by atoms with Crippen LogP contribution in [-0.4, -0.2) is 28.0 Å². The van der Waals surface area contributed by atoms with Crippen LogP contribution in [0.4, 0.5) is 5.69 Å². The van der Waals surface area contributed by atoms with Gasteiger partial charge in [-0.1, -0.05) is 97.1 Å². The highest BCUT2D eigenvalue weighted by Crippen LogP contribution is 2.34. The molecule has 7 nitrogen and oxygen atoms in total. The number of benzene rings is 5. The second-order valence-corrected chi connectivity index (χ2v) is 10.6. The number of hydrogen-bond acceptors (Lipinski definition) is 5. The second kappa shape index (κ2) is 15.7. The summed E-state index contributed by atoms with van der Waals surface area (Å²) in [5.41, 5.74) is 5.54. The summed E-state index contributed by atoms with van der Waals surface area (Å²) in [6, 6.07) is 41.1. The van der Waals surface area contributed by atoms with Gasteiger partial charge in [0.15, 0.2) is 0 Å². The van der Waals surface area contributed by atoms with Crippen LogP contribution in [0.2, 0.25) is 0 Å². The summed E-state index contributed by atoms with van der Waals surface area (Å²) in [6.07, 6.45) is 0. The normalized spacial score (nSPS) is 11.0. The summed E-state index contributed by atoms with van der Waals surface area (Å²) < 4.78 is 0. The SMILES string of the molecule is Cc1cc(C(C)C(=O)O)c(O)cc1N(Cc1ccccc1)Cc1ccccc1.O=C(NC(=O)c1ccccc1)c1ccccc1. The quantitative estimate of drug-likeness (QED) is 0.153. The maximum Gasteiger partial charge on any atom is 0.310 e. The number of rotatable bonds is 9.